The van der Waals surface area contributed by atoms with Gasteiger partial charge in [-0.25, -0.2) is 0 Å². The number of aromatic amines is 1. The van der Waals surface area contributed by atoms with Crippen LogP contribution in [-0.4, -0.2) is 50.5 Å². The van der Waals surface area contributed by atoms with Gasteiger partial charge in [0, 0.05) is 30.2 Å². The highest BCUT2D eigenvalue weighted by Crippen LogP contribution is 2.31. The molecule has 1 unspecified atom stereocenters. The number of morpholine rings is 1. The predicted octanol–water partition coefficient (Wildman–Crippen LogP) is 2.13. The lowest BCUT2D eigenvalue weighted by molar-refractivity contribution is -0.00325. The highest BCUT2D eigenvalue weighted by atomic mass is 16.5. The molecule has 130 valence electrons. The molecule has 2 aromatic heterocycles. The second kappa shape index (κ2) is 6.00. The Kier molecular flexibility index (Phi) is 3.80. The van der Waals surface area contributed by atoms with Crippen molar-refractivity contribution in [3.05, 3.63) is 46.9 Å². The van der Waals surface area contributed by atoms with Crippen molar-refractivity contribution in [3.63, 3.8) is 0 Å². The fraction of sp³-hybridized carbons (Fsp3) is 0.389. The molecule has 7 heteroatoms. The van der Waals surface area contributed by atoms with Gasteiger partial charge in [0.15, 0.2) is 5.69 Å². The Morgan fingerprint density at radius 3 is 2.88 bits per heavy atom. The van der Waals surface area contributed by atoms with Crippen LogP contribution in [0.1, 0.15) is 33.5 Å². The number of hydrogen-bond acceptors (Lipinski definition) is 4. The van der Waals surface area contributed by atoms with E-state index in [-0.39, 0.29) is 11.9 Å². The van der Waals surface area contributed by atoms with Crippen molar-refractivity contribution in [3.8, 4) is 0 Å². The average molecular weight is 339 g/mol. The summed E-state index contributed by atoms with van der Waals surface area (Å²) in [6, 6.07) is 7.54. The number of H-pyrrole nitrogens is 1. The Bertz CT molecular complexity index is 942. The maximum Gasteiger partial charge on any atom is 0.275 e. The van der Waals surface area contributed by atoms with Gasteiger partial charge in [-0.05, 0) is 19.9 Å². The standard InChI is InChI=1S/C18H21N5O2/c1-11-16(12(2)22(3)21-11)15-10-25-9-8-23(15)18(24)17-13-6-4-5-7-14(13)19-20-17/h4-7,15H,8-10H2,1-3H3,(H,19,20). The summed E-state index contributed by atoms with van der Waals surface area (Å²) in [5, 5.41) is 12.6. The number of para-hydroxylation sites is 1. The van der Waals surface area contributed by atoms with Gasteiger partial charge in [0.05, 0.1) is 30.5 Å². The van der Waals surface area contributed by atoms with Crippen LogP contribution in [-0.2, 0) is 11.8 Å². The topological polar surface area (TPSA) is 76.0 Å². The molecule has 3 heterocycles. The van der Waals surface area contributed by atoms with Crippen molar-refractivity contribution in [1.29, 1.82) is 0 Å². The number of amides is 1. The lowest BCUT2D eigenvalue weighted by Gasteiger charge is -2.35. The van der Waals surface area contributed by atoms with Gasteiger partial charge in [-0.15, -0.1) is 0 Å². The van der Waals surface area contributed by atoms with Gasteiger partial charge in [0.1, 0.15) is 0 Å². The summed E-state index contributed by atoms with van der Waals surface area (Å²) in [7, 11) is 1.92. The van der Waals surface area contributed by atoms with Crippen LogP contribution in [0.25, 0.3) is 10.9 Å². The minimum absolute atomic E-state index is 0.0756. The molecule has 0 radical (unpaired) electrons. The smallest absolute Gasteiger partial charge is 0.275 e. The SMILES string of the molecule is Cc1nn(C)c(C)c1C1COCCN1C(=O)c1n[nH]c2ccccc12. The number of ether oxygens (including phenoxy) is 1. The molecule has 1 aliphatic heterocycles. The van der Waals surface area contributed by atoms with Gasteiger partial charge in [-0.3, -0.25) is 14.6 Å². The van der Waals surface area contributed by atoms with Crippen molar-refractivity contribution in [2.75, 3.05) is 19.8 Å². The van der Waals surface area contributed by atoms with E-state index in [1.54, 1.807) is 0 Å². The molecule has 1 fully saturated rings. The molecule has 25 heavy (non-hydrogen) atoms. The van der Waals surface area contributed by atoms with Crippen LogP contribution >= 0.6 is 0 Å². The van der Waals surface area contributed by atoms with Gasteiger partial charge in [-0.2, -0.15) is 10.2 Å². The van der Waals surface area contributed by atoms with E-state index in [2.05, 4.69) is 15.3 Å². The van der Waals surface area contributed by atoms with E-state index in [1.807, 2.05) is 54.7 Å². The molecule has 1 amide bonds. The first kappa shape index (κ1) is 15.8. The van der Waals surface area contributed by atoms with E-state index in [9.17, 15) is 4.79 Å². The van der Waals surface area contributed by atoms with Crippen LogP contribution in [0.2, 0.25) is 0 Å². The first-order valence-electron chi connectivity index (χ1n) is 8.40. The second-order valence-electron chi connectivity index (χ2n) is 6.42. The first-order valence-corrected chi connectivity index (χ1v) is 8.40. The van der Waals surface area contributed by atoms with Crippen molar-refractivity contribution in [2.45, 2.75) is 19.9 Å². The summed E-state index contributed by atoms with van der Waals surface area (Å²) in [5.74, 6) is -0.0756. The average Bonchev–Trinajstić information content (AvgIpc) is 3.15. The van der Waals surface area contributed by atoms with Gasteiger partial charge >= 0.3 is 0 Å². The van der Waals surface area contributed by atoms with Crippen LogP contribution in [0, 0.1) is 13.8 Å². The van der Waals surface area contributed by atoms with Crippen molar-refractivity contribution in [2.24, 2.45) is 7.05 Å². The maximum absolute atomic E-state index is 13.2. The van der Waals surface area contributed by atoms with Crippen LogP contribution < -0.4 is 0 Å². The first-order chi connectivity index (χ1) is 12.1. The summed E-state index contributed by atoms with van der Waals surface area (Å²) in [6.07, 6.45) is 0. The van der Waals surface area contributed by atoms with Gasteiger partial charge in [0.2, 0.25) is 0 Å². The third-order valence-electron chi connectivity index (χ3n) is 4.96. The number of hydrogen-bond donors (Lipinski definition) is 1. The monoisotopic (exact) mass is 339 g/mol. The Hall–Kier alpha value is -2.67. The van der Waals surface area contributed by atoms with E-state index < -0.39 is 0 Å². The quantitative estimate of drug-likeness (QED) is 0.776. The zero-order valence-corrected chi connectivity index (χ0v) is 14.6. The maximum atomic E-state index is 13.2. The Labute approximate surface area is 145 Å². The second-order valence-corrected chi connectivity index (χ2v) is 6.42. The minimum Gasteiger partial charge on any atom is -0.377 e. The third-order valence-corrected chi connectivity index (χ3v) is 4.96. The number of nitrogens with zero attached hydrogens (tertiary/aromatic N) is 4. The number of rotatable bonds is 2. The Balaban J connectivity index is 1.75. The lowest BCUT2D eigenvalue weighted by Crippen LogP contribution is -2.44. The largest absolute Gasteiger partial charge is 0.377 e. The summed E-state index contributed by atoms with van der Waals surface area (Å²) in [6.45, 7) is 5.54. The molecule has 0 spiro atoms. The van der Waals surface area contributed by atoms with Crippen molar-refractivity contribution < 1.29 is 9.53 Å². The highest BCUT2D eigenvalue weighted by molar-refractivity contribution is 6.04. The number of aromatic nitrogens is 4. The molecule has 1 aromatic carbocycles. The highest BCUT2D eigenvalue weighted by Gasteiger charge is 2.34. The molecule has 0 saturated carbocycles. The number of carbonyl (C=O) groups is 1. The third kappa shape index (κ3) is 2.51. The van der Waals surface area contributed by atoms with Crippen LogP contribution in [0.3, 0.4) is 0 Å². The van der Waals surface area contributed by atoms with E-state index in [1.165, 1.54) is 0 Å². The van der Waals surface area contributed by atoms with Crippen LogP contribution in [0.5, 0.6) is 0 Å². The predicted molar refractivity (Wildman–Crippen MR) is 93.4 cm³/mol. The number of fused-ring (bicyclic) bond motifs is 1. The molecule has 0 aliphatic carbocycles. The number of carbonyl (C=O) groups excluding carboxylic acids is 1. The molecule has 1 aliphatic rings. The van der Waals surface area contributed by atoms with E-state index >= 15 is 0 Å². The summed E-state index contributed by atoms with van der Waals surface area (Å²) in [5.41, 5.74) is 4.37. The van der Waals surface area contributed by atoms with E-state index in [0.717, 1.165) is 27.9 Å². The van der Waals surface area contributed by atoms with Crippen molar-refractivity contribution >= 4 is 16.8 Å². The Morgan fingerprint density at radius 1 is 1.32 bits per heavy atom. The molecular weight excluding hydrogens is 318 g/mol. The molecule has 1 saturated heterocycles. The number of nitrogens with one attached hydrogen (secondary N) is 1. The molecule has 7 nitrogen and oxygen atoms in total. The zero-order valence-electron chi connectivity index (χ0n) is 14.6. The molecule has 1 N–H and O–H groups in total. The summed E-state index contributed by atoms with van der Waals surface area (Å²) in [4.78, 5) is 15.1. The van der Waals surface area contributed by atoms with Gasteiger partial charge in [0.25, 0.3) is 5.91 Å². The molecule has 1 atom stereocenters. The number of benzene rings is 1. The molecular formula is C18H21N5O2. The van der Waals surface area contributed by atoms with E-state index in [0.29, 0.717) is 25.5 Å². The fourth-order valence-electron chi connectivity index (χ4n) is 3.62. The molecule has 0 bridgehead atoms. The minimum atomic E-state index is -0.148. The van der Waals surface area contributed by atoms with Crippen LogP contribution in [0.15, 0.2) is 24.3 Å². The van der Waals surface area contributed by atoms with Crippen LogP contribution in [0.4, 0.5) is 0 Å². The zero-order chi connectivity index (χ0) is 17.6. The molecule has 3 aromatic rings. The van der Waals surface area contributed by atoms with E-state index in [4.69, 9.17) is 4.74 Å². The lowest BCUT2D eigenvalue weighted by atomic mass is 10.0. The van der Waals surface area contributed by atoms with Crippen molar-refractivity contribution in [1.82, 2.24) is 24.9 Å². The van der Waals surface area contributed by atoms with Gasteiger partial charge < -0.3 is 9.64 Å². The summed E-state index contributed by atoms with van der Waals surface area (Å²) < 4.78 is 7.53. The Morgan fingerprint density at radius 2 is 2.12 bits per heavy atom. The summed E-state index contributed by atoms with van der Waals surface area (Å²) >= 11 is 0. The van der Waals surface area contributed by atoms with Gasteiger partial charge in [-0.1, -0.05) is 18.2 Å². The molecule has 4 rings (SSSR count). The normalized spacial score (nSPS) is 18.0. The fourth-order valence-corrected chi connectivity index (χ4v) is 3.62. The number of aryl methyl sites for hydroxylation is 2.